The summed E-state index contributed by atoms with van der Waals surface area (Å²) in [5, 5.41) is 16.8. The van der Waals surface area contributed by atoms with Gasteiger partial charge in [-0.3, -0.25) is 4.79 Å². The minimum absolute atomic E-state index is 0.134. The molecule has 0 aromatic rings. The number of carbonyl (C=O) groups is 1. The van der Waals surface area contributed by atoms with Crippen LogP contribution in [-0.2, 0) is 4.79 Å². The summed E-state index contributed by atoms with van der Waals surface area (Å²) in [5.41, 5.74) is -0.546. The topological polar surface area (TPSA) is 61.4 Å². The molecule has 2 aliphatic rings. The summed E-state index contributed by atoms with van der Waals surface area (Å²) in [7, 11) is 0. The van der Waals surface area contributed by atoms with Crippen LogP contribution in [0.2, 0.25) is 0 Å². The zero-order chi connectivity index (χ0) is 13.0. The average Bonchev–Trinajstić information content (AvgIpc) is 2.56. The van der Waals surface area contributed by atoms with Crippen LogP contribution in [0.25, 0.3) is 0 Å². The molecule has 0 aromatic heterocycles. The highest BCUT2D eigenvalue weighted by Gasteiger charge is 2.32. The van der Waals surface area contributed by atoms with E-state index in [-0.39, 0.29) is 11.9 Å². The predicted octanol–water partition coefficient (Wildman–Crippen LogP) is 1.19. The van der Waals surface area contributed by atoms with Gasteiger partial charge in [-0.2, -0.15) is 0 Å². The maximum Gasteiger partial charge on any atom is 0.221 e. The molecule has 3 N–H and O–H groups in total. The van der Waals surface area contributed by atoms with E-state index in [0.29, 0.717) is 13.0 Å². The van der Waals surface area contributed by atoms with Crippen molar-refractivity contribution in [1.29, 1.82) is 0 Å². The summed E-state index contributed by atoms with van der Waals surface area (Å²) < 4.78 is 0. The molecule has 1 saturated heterocycles. The van der Waals surface area contributed by atoms with Gasteiger partial charge in [0.05, 0.1) is 5.60 Å². The number of aliphatic hydroxyl groups is 1. The van der Waals surface area contributed by atoms with E-state index in [4.69, 9.17) is 0 Å². The molecular weight excluding hydrogens is 228 g/mol. The Labute approximate surface area is 110 Å². The Hall–Kier alpha value is -0.610. The van der Waals surface area contributed by atoms with Crippen LogP contribution in [0.5, 0.6) is 0 Å². The van der Waals surface area contributed by atoms with Gasteiger partial charge in [-0.25, -0.2) is 0 Å². The molecule has 1 atom stereocenters. The van der Waals surface area contributed by atoms with Gasteiger partial charge in [0.25, 0.3) is 0 Å². The van der Waals surface area contributed by atoms with Crippen LogP contribution < -0.4 is 10.6 Å². The van der Waals surface area contributed by atoms with E-state index >= 15 is 0 Å². The number of hydrogen-bond acceptors (Lipinski definition) is 3. The highest BCUT2D eigenvalue weighted by molar-refractivity contribution is 5.76. The lowest BCUT2D eigenvalue weighted by Gasteiger charge is -2.36. The summed E-state index contributed by atoms with van der Waals surface area (Å²) in [6.07, 6.45) is 6.60. The molecule has 2 fully saturated rings. The van der Waals surface area contributed by atoms with E-state index in [1.807, 2.05) is 0 Å². The van der Waals surface area contributed by atoms with Crippen molar-refractivity contribution in [1.82, 2.24) is 10.6 Å². The molecule has 0 spiro atoms. The Morgan fingerprint density at radius 1 is 1.39 bits per heavy atom. The van der Waals surface area contributed by atoms with Gasteiger partial charge in [-0.05, 0) is 44.4 Å². The van der Waals surface area contributed by atoms with Crippen LogP contribution in [0.1, 0.15) is 51.9 Å². The minimum Gasteiger partial charge on any atom is -0.389 e. The first-order chi connectivity index (χ1) is 8.57. The molecule has 1 unspecified atom stereocenters. The molecule has 0 radical (unpaired) electrons. The molecule has 1 saturated carbocycles. The van der Waals surface area contributed by atoms with Crippen molar-refractivity contribution < 1.29 is 9.90 Å². The van der Waals surface area contributed by atoms with Gasteiger partial charge < -0.3 is 15.7 Å². The van der Waals surface area contributed by atoms with Gasteiger partial charge in [0.15, 0.2) is 0 Å². The monoisotopic (exact) mass is 254 g/mol. The van der Waals surface area contributed by atoms with Crippen LogP contribution in [0.4, 0.5) is 0 Å². The highest BCUT2D eigenvalue weighted by atomic mass is 16.3. The van der Waals surface area contributed by atoms with E-state index in [1.54, 1.807) is 0 Å². The van der Waals surface area contributed by atoms with Crippen molar-refractivity contribution in [3.05, 3.63) is 0 Å². The van der Waals surface area contributed by atoms with Gasteiger partial charge >= 0.3 is 0 Å². The van der Waals surface area contributed by atoms with E-state index in [2.05, 4.69) is 17.6 Å². The maximum atomic E-state index is 11.5. The zero-order valence-corrected chi connectivity index (χ0v) is 11.4. The Balaban J connectivity index is 1.77. The van der Waals surface area contributed by atoms with Crippen LogP contribution in [0, 0.1) is 5.92 Å². The third-order valence-corrected chi connectivity index (χ3v) is 4.41. The molecule has 18 heavy (non-hydrogen) atoms. The van der Waals surface area contributed by atoms with E-state index in [9.17, 15) is 9.90 Å². The smallest absolute Gasteiger partial charge is 0.221 e. The maximum absolute atomic E-state index is 11.5. The summed E-state index contributed by atoms with van der Waals surface area (Å²) in [6.45, 7) is 3.68. The first kappa shape index (κ1) is 13.8. The molecule has 1 aliphatic heterocycles. The summed E-state index contributed by atoms with van der Waals surface area (Å²) in [4.78, 5) is 11.5. The third-order valence-electron chi connectivity index (χ3n) is 4.41. The fraction of sp³-hybridized carbons (Fsp3) is 0.929. The van der Waals surface area contributed by atoms with Gasteiger partial charge in [-0.15, -0.1) is 0 Å². The second-order valence-electron chi connectivity index (χ2n) is 6.18. The standard InChI is InChI=1S/C14H26N2O2/c1-11-4-6-14(18,7-5-11)10-16-12-3-2-8-15-13(17)9-12/h11-12,16,18H,2-10H2,1H3,(H,15,17). The quantitative estimate of drug-likeness (QED) is 0.709. The van der Waals surface area contributed by atoms with Crippen molar-refractivity contribution in [3.63, 3.8) is 0 Å². The first-order valence-electron chi connectivity index (χ1n) is 7.30. The van der Waals surface area contributed by atoms with E-state index in [1.165, 1.54) is 0 Å². The Bertz CT molecular complexity index is 286. The van der Waals surface area contributed by atoms with Crippen molar-refractivity contribution in [2.45, 2.75) is 63.5 Å². The van der Waals surface area contributed by atoms with E-state index < -0.39 is 5.60 Å². The third kappa shape index (κ3) is 3.95. The Morgan fingerprint density at radius 2 is 2.11 bits per heavy atom. The molecule has 4 nitrogen and oxygen atoms in total. The Kier molecular flexibility index (Phi) is 4.62. The molecule has 0 aromatic carbocycles. The number of hydrogen-bond donors (Lipinski definition) is 3. The first-order valence-corrected chi connectivity index (χ1v) is 7.30. The second-order valence-corrected chi connectivity index (χ2v) is 6.18. The van der Waals surface area contributed by atoms with Crippen LogP contribution in [-0.4, -0.2) is 35.7 Å². The predicted molar refractivity (Wildman–Crippen MR) is 71.2 cm³/mol. The van der Waals surface area contributed by atoms with Crippen molar-refractivity contribution >= 4 is 5.91 Å². The molecule has 1 heterocycles. The molecule has 2 rings (SSSR count). The van der Waals surface area contributed by atoms with E-state index in [0.717, 1.165) is 51.0 Å². The summed E-state index contributed by atoms with van der Waals surface area (Å²) >= 11 is 0. The van der Waals surface area contributed by atoms with Crippen LogP contribution in [0.15, 0.2) is 0 Å². The van der Waals surface area contributed by atoms with Crippen molar-refractivity contribution in [2.75, 3.05) is 13.1 Å². The highest BCUT2D eigenvalue weighted by Crippen LogP contribution is 2.31. The fourth-order valence-electron chi connectivity index (χ4n) is 2.96. The van der Waals surface area contributed by atoms with Gasteiger partial charge in [0.2, 0.25) is 5.91 Å². The number of nitrogens with one attached hydrogen (secondary N) is 2. The Morgan fingerprint density at radius 3 is 2.83 bits per heavy atom. The number of amides is 1. The number of carbonyl (C=O) groups excluding carboxylic acids is 1. The second kappa shape index (κ2) is 6.02. The van der Waals surface area contributed by atoms with Crippen molar-refractivity contribution in [3.8, 4) is 0 Å². The number of rotatable bonds is 3. The molecule has 0 bridgehead atoms. The van der Waals surface area contributed by atoms with Crippen molar-refractivity contribution in [2.24, 2.45) is 5.92 Å². The van der Waals surface area contributed by atoms with Crippen LogP contribution in [0.3, 0.4) is 0 Å². The normalized spacial score (nSPS) is 38.0. The molecule has 104 valence electrons. The fourth-order valence-corrected chi connectivity index (χ4v) is 2.96. The SMILES string of the molecule is CC1CCC(O)(CNC2CCCNC(=O)C2)CC1. The van der Waals surface area contributed by atoms with Crippen LogP contribution >= 0.6 is 0 Å². The average molecular weight is 254 g/mol. The van der Waals surface area contributed by atoms with Gasteiger partial charge in [-0.1, -0.05) is 6.92 Å². The lowest BCUT2D eigenvalue weighted by molar-refractivity contribution is -0.121. The molecule has 4 heteroatoms. The summed E-state index contributed by atoms with van der Waals surface area (Å²) in [6, 6.07) is 0.232. The lowest BCUT2D eigenvalue weighted by atomic mass is 9.79. The molecule has 1 aliphatic carbocycles. The molecule has 1 amide bonds. The lowest BCUT2D eigenvalue weighted by Crippen LogP contribution is -2.47. The zero-order valence-electron chi connectivity index (χ0n) is 11.4. The largest absolute Gasteiger partial charge is 0.389 e. The van der Waals surface area contributed by atoms with Gasteiger partial charge in [0, 0.05) is 25.6 Å². The summed E-state index contributed by atoms with van der Waals surface area (Å²) in [5.74, 6) is 0.878. The van der Waals surface area contributed by atoms with Gasteiger partial charge in [0.1, 0.15) is 0 Å². The molecular formula is C14H26N2O2. The minimum atomic E-state index is -0.546.